The van der Waals surface area contributed by atoms with Crippen molar-refractivity contribution < 1.29 is 13.9 Å². The first kappa shape index (κ1) is 15.3. The van der Waals surface area contributed by atoms with Crippen molar-refractivity contribution in [1.29, 1.82) is 0 Å². The van der Waals surface area contributed by atoms with E-state index in [1.54, 1.807) is 42.7 Å². The zero-order valence-corrected chi connectivity index (χ0v) is 13.8. The van der Waals surface area contributed by atoms with Gasteiger partial charge in [0.15, 0.2) is 0 Å². The lowest BCUT2D eigenvalue weighted by Crippen LogP contribution is -2.62. The number of nitrogens with one attached hydrogen (secondary N) is 1. The predicted molar refractivity (Wildman–Crippen MR) is 90.2 cm³/mol. The number of amides is 1. The highest BCUT2D eigenvalue weighted by Crippen LogP contribution is 2.32. The van der Waals surface area contributed by atoms with Gasteiger partial charge in [-0.1, -0.05) is 0 Å². The Morgan fingerprint density at radius 1 is 1.21 bits per heavy atom. The molecule has 4 heterocycles. The Kier molecular flexibility index (Phi) is 4.02. The van der Waals surface area contributed by atoms with Crippen LogP contribution in [0.25, 0.3) is 0 Å². The molecule has 0 spiro atoms. The van der Waals surface area contributed by atoms with Crippen molar-refractivity contribution >= 4 is 5.91 Å². The number of ether oxygens (including phenoxy) is 1. The molecule has 2 aromatic rings. The average molecular weight is 326 g/mol. The molecule has 5 rings (SSSR count). The van der Waals surface area contributed by atoms with E-state index in [2.05, 4.69) is 17.1 Å². The average Bonchev–Trinajstić information content (AvgIpc) is 3.12. The third kappa shape index (κ3) is 2.91. The van der Waals surface area contributed by atoms with Gasteiger partial charge in [0.05, 0.1) is 6.26 Å². The normalized spacial score (nSPS) is 28.5. The Hall–Kier alpha value is -2.27. The molecule has 1 aromatic heterocycles. The highest BCUT2D eigenvalue weighted by Gasteiger charge is 2.40. The quantitative estimate of drug-likeness (QED) is 0.937. The van der Waals surface area contributed by atoms with Crippen molar-refractivity contribution in [3.05, 3.63) is 48.2 Å². The summed E-state index contributed by atoms with van der Waals surface area (Å²) in [5.41, 5.74) is 0.658. The van der Waals surface area contributed by atoms with Crippen molar-refractivity contribution in [2.75, 3.05) is 13.1 Å². The highest BCUT2D eigenvalue weighted by molar-refractivity contribution is 5.94. The van der Waals surface area contributed by atoms with Gasteiger partial charge >= 0.3 is 0 Å². The van der Waals surface area contributed by atoms with Gasteiger partial charge in [0.1, 0.15) is 5.75 Å². The molecule has 3 saturated heterocycles. The lowest BCUT2D eigenvalue weighted by molar-refractivity contribution is 0.0217. The van der Waals surface area contributed by atoms with E-state index in [0.717, 1.165) is 13.1 Å². The maximum absolute atomic E-state index is 12.6. The molecule has 0 unspecified atom stereocenters. The topological polar surface area (TPSA) is 54.7 Å². The minimum Gasteiger partial charge on any atom is -0.434 e. The first-order valence-electron chi connectivity index (χ1n) is 8.57. The largest absolute Gasteiger partial charge is 0.434 e. The summed E-state index contributed by atoms with van der Waals surface area (Å²) in [5, 5.41) is 3.24. The number of furan rings is 1. The maximum atomic E-state index is 12.6. The molecule has 1 amide bonds. The van der Waals surface area contributed by atoms with Crippen LogP contribution in [0.2, 0.25) is 0 Å². The molecule has 0 saturated carbocycles. The van der Waals surface area contributed by atoms with E-state index in [4.69, 9.17) is 9.15 Å². The number of carbonyl (C=O) groups is 1. The maximum Gasteiger partial charge on any atom is 0.289 e. The minimum atomic E-state index is -0.00912. The summed E-state index contributed by atoms with van der Waals surface area (Å²) in [5.74, 6) is 1.69. The summed E-state index contributed by atoms with van der Waals surface area (Å²) < 4.78 is 10.7. The molecule has 0 aliphatic carbocycles. The van der Waals surface area contributed by atoms with Crippen LogP contribution in [0.3, 0.4) is 0 Å². The Morgan fingerprint density at radius 3 is 2.58 bits per heavy atom. The molecule has 2 bridgehead atoms. The molecule has 1 aromatic carbocycles. The van der Waals surface area contributed by atoms with E-state index in [1.807, 2.05) is 0 Å². The zero-order chi connectivity index (χ0) is 16.5. The highest BCUT2D eigenvalue weighted by atomic mass is 16.6. The number of fused-ring (bicyclic) bond motifs is 3. The molecule has 24 heavy (non-hydrogen) atoms. The first-order chi connectivity index (χ1) is 11.7. The lowest BCUT2D eigenvalue weighted by Gasteiger charge is -2.49. The molecular formula is C19H22N2O3. The molecule has 0 radical (unpaired) electrons. The van der Waals surface area contributed by atoms with Crippen LogP contribution in [0.5, 0.6) is 11.7 Å². The van der Waals surface area contributed by atoms with Crippen LogP contribution in [-0.2, 0) is 0 Å². The summed E-state index contributed by atoms with van der Waals surface area (Å²) in [4.78, 5) is 15.1. The fourth-order valence-corrected chi connectivity index (χ4v) is 3.89. The molecule has 1 N–H and O–H groups in total. The summed E-state index contributed by atoms with van der Waals surface area (Å²) in [7, 11) is 0. The molecule has 3 aliphatic heterocycles. The van der Waals surface area contributed by atoms with Crippen LogP contribution >= 0.6 is 0 Å². The summed E-state index contributed by atoms with van der Waals surface area (Å²) in [6.45, 7) is 4.55. The Bertz CT molecular complexity index is 686. The number of hydrogen-bond acceptors (Lipinski definition) is 4. The minimum absolute atomic E-state index is 0.00912. The second-order valence-corrected chi connectivity index (χ2v) is 6.67. The SMILES string of the molecule is C[C@@H]1[C@H](NC(=O)c2ccc(Oc3ccco3)cc2)C2CCN1CC2. The molecular weight excluding hydrogens is 304 g/mol. The van der Waals surface area contributed by atoms with Gasteiger partial charge in [-0.2, -0.15) is 0 Å². The Balaban J connectivity index is 1.41. The van der Waals surface area contributed by atoms with Crippen LogP contribution < -0.4 is 10.1 Å². The first-order valence-corrected chi connectivity index (χ1v) is 8.57. The lowest BCUT2D eigenvalue weighted by atomic mass is 9.79. The molecule has 5 heteroatoms. The van der Waals surface area contributed by atoms with Gasteiger partial charge < -0.3 is 14.5 Å². The number of rotatable bonds is 4. The predicted octanol–water partition coefficient (Wildman–Crippen LogP) is 3.28. The van der Waals surface area contributed by atoms with E-state index in [0.29, 0.717) is 29.2 Å². The van der Waals surface area contributed by atoms with Crippen molar-refractivity contribution in [2.24, 2.45) is 5.92 Å². The molecule has 2 atom stereocenters. The van der Waals surface area contributed by atoms with Crippen molar-refractivity contribution in [2.45, 2.75) is 31.8 Å². The summed E-state index contributed by atoms with van der Waals surface area (Å²) >= 11 is 0. The van der Waals surface area contributed by atoms with E-state index < -0.39 is 0 Å². The standard InChI is InChI=1S/C19H22N2O3/c1-13-18(14-8-10-21(13)11-9-14)20-19(22)15-4-6-16(7-5-15)24-17-3-2-12-23-17/h2-7,12-14,18H,8-11H2,1H3,(H,20,22)/t13-,18+/m1/s1. The van der Waals surface area contributed by atoms with Gasteiger partial charge in [0.25, 0.3) is 11.9 Å². The molecule has 3 aliphatic rings. The number of nitrogens with zero attached hydrogens (tertiary/aromatic N) is 1. The second kappa shape index (κ2) is 6.32. The summed E-state index contributed by atoms with van der Waals surface area (Å²) in [6, 6.07) is 11.3. The van der Waals surface area contributed by atoms with Crippen LogP contribution in [0, 0.1) is 5.92 Å². The van der Waals surface area contributed by atoms with Crippen LogP contribution in [0.4, 0.5) is 0 Å². The monoisotopic (exact) mass is 326 g/mol. The van der Waals surface area contributed by atoms with E-state index in [1.165, 1.54) is 12.8 Å². The van der Waals surface area contributed by atoms with Crippen LogP contribution in [0.1, 0.15) is 30.1 Å². The van der Waals surface area contributed by atoms with E-state index in [9.17, 15) is 4.79 Å². The fraction of sp³-hybridized carbons (Fsp3) is 0.421. The molecule has 5 nitrogen and oxygen atoms in total. The van der Waals surface area contributed by atoms with Gasteiger partial charge in [0.2, 0.25) is 0 Å². The molecule has 126 valence electrons. The Morgan fingerprint density at radius 2 is 1.96 bits per heavy atom. The third-order valence-corrected chi connectivity index (χ3v) is 5.31. The van der Waals surface area contributed by atoms with Crippen molar-refractivity contribution in [1.82, 2.24) is 10.2 Å². The number of carbonyl (C=O) groups excluding carboxylic acids is 1. The third-order valence-electron chi connectivity index (χ3n) is 5.31. The number of piperidine rings is 3. The fourth-order valence-electron chi connectivity index (χ4n) is 3.89. The van der Waals surface area contributed by atoms with Gasteiger partial charge in [-0.05, 0) is 69.1 Å². The molecule has 3 fully saturated rings. The number of hydrogen-bond donors (Lipinski definition) is 1. The number of benzene rings is 1. The zero-order valence-electron chi connectivity index (χ0n) is 13.8. The van der Waals surface area contributed by atoms with Crippen molar-refractivity contribution in [3.8, 4) is 11.7 Å². The van der Waals surface area contributed by atoms with Gasteiger partial charge in [-0.25, -0.2) is 0 Å². The van der Waals surface area contributed by atoms with Gasteiger partial charge in [0, 0.05) is 23.7 Å². The summed E-state index contributed by atoms with van der Waals surface area (Å²) in [6.07, 6.45) is 3.93. The van der Waals surface area contributed by atoms with Crippen LogP contribution in [0.15, 0.2) is 47.1 Å². The second-order valence-electron chi connectivity index (χ2n) is 6.67. The van der Waals surface area contributed by atoms with Gasteiger partial charge in [-0.15, -0.1) is 0 Å². The van der Waals surface area contributed by atoms with Crippen LogP contribution in [-0.4, -0.2) is 36.0 Å². The van der Waals surface area contributed by atoms with Crippen molar-refractivity contribution in [3.63, 3.8) is 0 Å². The Labute approximate surface area is 141 Å². The van der Waals surface area contributed by atoms with E-state index in [-0.39, 0.29) is 11.9 Å². The van der Waals surface area contributed by atoms with Gasteiger partial charge in [-0.3, -0.25) is 9.69 Å². The van der Waals surface area contributed by atoms with E-state index >= 15 is 0 Å². The smallest absolute Gasteiger partial charge is 0.289 e.